The highest BCUT2D eigenvalue weighted by atomic mass is 16.2. The minimum atomic E-state index is -0.601. The van der Waals surface area contributed by atoms with Crippen LogP contribution in [0.5, 0.6) is 0 Å². The molecule has 1 N–H and O–H groups in total. The molecule has 1 atom stereocenters. The van der Waals surface area contributed by atoms with Gasteiger partial charge in [-0.1, -0.05) is 6.92 Å². The summed E-state index contributed by atoms with van der Waals surface area (Å²) >= 11 is 0. The third kappa shape index (κ3) is 1.27. The molecule has 0 aromatic heterocycles. The molecule has 11 heavy (non-hydrogen) atoms. The fraction of sp³-hybridized carbons (Fsp3) is 0.286. The zero-order valence-electron chi connectivity index (χ0n) is 5.92. The van der Waals surface area contributed by atoms with E-state index in [2.05, 4.69) is 5.32 Å². The third-order valence-electron chi connectivity index (χ3n) is 1.43. The second-order valence-corrected chi connectivity index (χ2v) is 2.30. The molecule has 0 bridgehead atoms. The van der Waals surface area contributed by atoms with Crippen LogP contribution in [0, 0.1) is 17.2 Å². The van der Waals surface area contributed by atoms with Crippen LogP contribution in [0.2, 0.25) is 0 Å². The van der Waals surface area contributed by atoms with Gasteiger partial charge in [-0.25, -0.2) is 0 Å². The van der Waals surface area contributed by atoms with Crippen LogP contribution in [0.15, 0.2) is 11.6 Å². The summed E-state index contributed by atoms with van der Waals surface area (Å²) in [5.41, 5.74) is 0.0112. The number of carbonyl (C=O) groups excluding carboxylic acids is 2. The van der Waals surface area contributed by atoms with E-state index in [0.717, 1.165) is 0 Å². The van der Waals surface area contributed by atoms with E-state index in [-0.39, 0.29) is 17.4 Å². The number of nitrogens with zero attached hydrogens (tertiary/aromatic N) is 1. The molecule has 0 saturated heterocycles. The van der Waals surface area contributed by atoms with Crippen molar-refractivity contribution >= 4 is 11.8 Å². The minimum absolute atomic E-state index is 0.0112. The third-order valence-corrected chi connectivity index (χ3v) is 1.43. The van der Waals surface area contributed by atoms with Gasteiger partial charge >= 0.3 is 0 Å². The van der Waals surface area contributed by atoms with Gasteiger partial charge in [-0.05, 0) is 6.08 Å². The maximum Gasteiger partial charge on any atom is 0.268 e. The Morgan fingerprint density at radius 3 is 2.82 bits per heavy atom. The molecule has 2 amide bonds. The first-order valence-corrected chi connectivity index (χ1v) is 3.12. The summed E-state index contributed by atoms with van der Waals surface area (Å²) in [6, 6.07) is 1.70. The van der Waals surface area contributed by atoms with E-state index in [1.165, 1.54) is 6.08 Å². The van der Waals surface area contributed by atoms with Crippen molar-refractivity contribution in [2.75, 3.05) is 0 Å². The van der Waals surface area contributed by atoms with Crippen molar-refractivity contribution in [2.24, 2.45) is 5.92 Å². The Hall–Kier alpha value is -1.63. The fourth-order valence-electron chi connectivity index (χ4n) is 0.782. The molecule has 1 unspecified atom stereocenters. The quantitative estimate of drug-likeness (QED) is 0.483. The number of imide groups is 1. The number of hydrogen-bond acceptors (Lipinski definition) is 3. The minimum Gasteiger partial charge on any atom is -0.291 e. The monoisotopic (exact) mass is 150 g/mol. The van der Waals surface area contributed by atoms with Crippen LogP contribution in [-0.4, -0.2) is 11.8 Å². The van der Waals surface area contributed by atoms with Gasteiger partial charge in [-0.3, -0.25) is 14.9 Å². The Balaban J connectivity index is 2.99. The molecule has 4 nitrogen and oxygen atoms in total. The molecule has 4 heteroatoms. The molecule has 0 fully saturated rings. The van der Waals surface area contributed by atoms with Crippen molar-refractivity contribution in [3.63, 3.8) is 0 Å². The van der Waals surface area contributed by atoms with Gasteiger partial charge in [-0.2, -0.15) is 5.26 Å². The lowest BCUT2D eigenvalue weighted by Crippen LogP contribution is -2.38. The number of hydrogen-bond donors (Lipinski definition) is 1. The largest absolute Gasteiger partial charge is 0.291 e. The van der Waals surface area contributed by atoms with Crippen LogP contribution >= 0.6 is 0 Å². The lowest BCUT2D eigenvalue weighted by molar-refractivity contribution is -0.130. The number of carbonyl (C=O) groups is 2. The van der Waals surface area contributed by atoms with Crippen molar-refractivity contribution in [3.8, 4) is 6.07 Å². The van der Waals surface area contributed by atoms with E-state index in [0.29, 0.717) is 0 Å². The van der Waals surface area contributed by atoms with Gasteiger partial charge in [0.05, 0.1) is 5.92 Å². The maximum absolute atomic E-state index is 10.8. The summed E-state index contributed by atoms with van der Waals surface area (Å²) in [7, 11) is 0. The lowest BCUT2D eigenvalue weighted by Gasteiger charge is -2.12. The number of rotatable bonds is 0. The van der Waals surface area contributed by atoms with E-state index in [1.54, 1.807) is 13.0 Å². The molecule has 0 aliphatic carbocycles. The molecule has 0 aromatic carbocycles. The maximum atomic E-state index is 10.8. The van der Waals surface area contributed by atoms with Crippen molar-refractivity contribution in [1.29, 1.82) is 5.26 Å². The first-order chi connectivity index (χ1) is 5.15. The Labute approximate surface area is 63.5 Å². The summed E-state index contributed by atoms with van der Waals surface area (Å²) in [5.74, 6) is -1.34. The van der Waals surface area contributed by atoms with Gasteiger partial charge in [0.25, 0.3) is 5.91 Å². The molecule has 1 heterocycles. The van der Waals surface area contributed by atoms with Gasteiger partial charge in [0.2, 0.25) is 5.91 Å². The zero-order valence-corrected chi connectivity index (χ0v) is 5.92. The smallest absolute Gasteiger partial charge is 0.268 e. The van der Waals surface area contributed by atoms with Gasteiger partial charge in [0.1, 0.15) is 11.6 Å². The van der Waals surface area contributed by atoms with Crippen LogP contribution in [-0.2, 0) is 9.59 Å². The van der Waals surface area contributed by atoms with Gasteiger partial charge < -0.3 is 0 Å². The summed E-state index contributed by atoms with van der Waals surface area (Å²) in [5, 5.41) is 10.4. The Bertz CT molecular complexity index is 285. The molecule has 1 rings (SSSR count). The summed E-state index contributed by atoms with van der Waals surface area (Å²) in [6.07, 6.45) is 1.36. The molecule has 0 saturated carbocycles. The van der Waals surface area contributed by atoms with E-state index >= 15 is 0 Å². The lowest BCUT2D eigenvalue weighted by atomic mass is 10.0. The van der Waals surface area contributed by atoms with E-state index in [4.69, 9.17) is 5.26 Å². The molecule has 0 radical (unpaired) electrons. The van der Waals surface area contributed by atoms with Crippen LogP contribution in [0.25, 0.3) is 0 Å². The second kappa shape index (κ2) is 2.54. The molecular formula is C7H6N2O2. The molecule has 1 aliphatic rings. The highest BCUT2D eigenvalue weighted by Gasteiger charge is 2.23. The van der Waals surface area contributed by atoms with Gasteiger partial charge in [0.15, 0.2) is 0 Å². The molecule has 0 spiro atoms. The van der Waals surface area contributed by atoms with Crippen molar-refractivity contribution in [1.82, 2.24) is 5.32 Å². The average molecular weight is 150 g/mol. The normalized spacial score (nSPS) is 23.6. The van der Waals surface area contributed by atoms with Crippen molar-refractivity contribution < 1.29 is 9.59 Å². The first-order valence-electron chi connectivity index (χ1n) is 3.12. The summed E-state index contributed by atoms with van der Waals surface area (Å²) in [4.78, 5) is 21.5. The molecule has 56 valence electrons. The standard InChI is InChI=1S/C7H6N2O2/c1-4-2-5(3-8)7(11)9-6(4)10/h2,4H,1H3,(H,9,10,11). The highest BCUT2D eigenvalue weighted by Crippen LogP contribution is 2.08. The predicted octanol–water partition coefficient (Wildman–Crippen LogP) is -0.271. The molecular weight excluding hydrogens is 144 g/mol. The van der Waals surface area contributed by atoms with Crippen LogP contribution < -0.4 is 5.32 Å². The molecule has 1 aliphatic heterocycles. The Morgan fingerprint density at radius 2 is 2.27 bits per heavy atom. The van der Waals surface area contributed by atoms with Gasteiger partial charge in [0, 0.05) is 0 Å². The zero-order chi connectivity index (χ0) is 8.43. The van der Waals surface area contributed by atoms with Crippen LogP contribution in [0.1, 0.15) is 6.92 Å². The Kier molecular flexibility index (Phi) is 1.73. The van der Waals surface area contributed by atoms with E-state index in [1.807, 2.05) is 0 Å². The van der Waals surface area contributed by atoms with Crippen LogP contribution in [0.4, 0.5) is 0 Å². The van der Waals surface area contributed by atoms with Crippen molar-refractivity contribution in [3.05, 3.63) is 11.6 Å². The predicted molar refractivity (Wildman–Crippen MR) is 36.0 cm³/mol. The Morgan fingerprint density at radius 1 is 1.64 bits per heavy atom. The SMILES string of the molecule is CC1C=C(C#N)C(=O)NC1=O. The van der Waals surface area contributed by atoms with Gasteiger partial charge in [-0.15, -0.1) is 0 Å². The van der Waals surface area contributed by atoms with E-state index < -0.39 is 5.91 Å². The highest BCUT2D eigenvalue weighted by molar-refractivity contribution is 6.10. The summed E-state index contributed by atoms with van der Waals surface area (Å²) in [6.45, 7) is 1.62. The summed E-state index contributed by atoms with van der Waals surface area (Å²) < 4.78 is 0. The number of nitrogens with one attached hydrogen (secondary N) is 1. The first kappa shape index (κ1) is 7.48. The van der Waals surface area contributed by atoms with Crippen molar-refractivity contribution in [2.45, 2.75) is 6.92 Å². The number of nitriles is 1. The average Bonchev–Trinajstić information content (AvgIpc) is 1.97. The fourth-order valence-corrected chi connectivity index (χ4v) is 0.782. The van der Waals surface area contributed by atoms with E-state index in [9.17, 15) is 9.59 Å². The molecule has 0 aromatic rings. The topological polar surface area (TPSA) is 70.0 Å². The second-order valence-electron chi connectivity index (χ2n) is 2.30. The van der Waals surface area contributed by atoms with Crippen LogP contribution in [0.3, 0.4) is 0 Å². The number of amides is 2.